The van der Waals surface area contributed by atoms with E-state index < -0.39 is 52.3 Å². The number of hydrogen-bond donors (Lipinski definition) is 2. The highest BCUT2D eigenvalue weighted by Gasteiger charge is 2.37. The van der Waals surface area contributed by atoms with E-state index in [1.54, 1.807) is 12.0 Å². The van der Waals surface area contributed by atoms with Gasteiger partial charge in [-0.3, -0.25) is 14.6 Å². The van der Waals surface area contributed by atoms with Gasteiger partial charge in [0.15, 0.2) is 5.69 Å². The zero-order valence-corrected chi connectivity index (χ0v) is 20.0. The number of fused-ring (bicyclic) bond motifs is 1. The quantitative estimate of drug-likeness (QED) is 0.311. The Kier molecular flexibility index (Phi) is 7.44. The van der Waals surface area contributed by atoms with Crippen LogP contribution in [0.25, 0.3) is 22.0 Å². The molecule has 1 atom stereocenters. The van der Waals surface area contributed by atoms with Gasteiger partial charge in [-0.15, -0.1) is 0 Å². The fraction of sp³-hybridized carbons (Fsp3) is 0.292. The Morgan fingerprint density at radius 3 is 2.41 bits per heavy atom. The van der Waals surface area contributed by atoms with Gasteiger partial charge in [0.2, 0.25) is 0 Å². The molecule has 1 aromatic carbocycles. The van der Waals surface area contributed by atoms with Crippen molar-refractivity contribution in [3.63, 3.8) is 0 Å². The Morgan fingerprint density at radius 1 is 1.03 bits per heavy atom. The van der Waals surface area contributed by atoms with E-state index in [1.807, 2.05) is 0 Å². The summed E-state index contributed by atoms with van der Waals surface area (Å²) >= 11 is 0. The summed E-state index contributed by atoms with van der Waals surface area (Å²) in [5.41, 5.74) is -5.26. The molecule has 206 valence electrons. The van der Waals surface area contributed by atoms with Crippen molar-refractivity contribution in [2.24, 2.45) is 0 Å². The summed E-state index contributed by atoms with van der Waals surface area (Å²) < 4.78 is 93.9. The first-order valence-electron chi connectivity index (χ1n) is 11.4. The average molecular weight is 556 g/mol. The number of anilines is 1. The minimum Gasteiger partial charge on any atom is -0.381 e. The fourth-order valence-electron chi connectivity index (χ4n) is 3.99. The van der Waals surface area contributed by atoms with Crippen LogP contribution < -0.4 is 16.4 Å². The lowest BCUT2D eigenvalue weighted by Crippen LogP contribution is -2.27. The SMILES string of the molecule is CC(CCCn1ccc2cc(-c3cnc(C(F)(F)F)cn3)c(F)cc2c1=O)Nc1cn[nH]c(=O)c1C(F)(F)F. The molecule has 15 heteroatoms. The number of benzene rings is 1. The van der Waals surface area contributed by atoms with Crippen LogP contribution >= 0.6 is 0 Å². The fourth-order valence-corrected chi connectivity index (χ4v) is 3.99. The Bertz CT molecular complexity index is 1610. The summed E-state index contributed by atoms with van der Waals surface area (Å²) in [5.74, 6) is -0.879. The normalized spacial score (nSPS) is 13.0. The van der Waals surface area contributed by atoms with Crippen LogP contribution in [0, 0.1) is 5.82 Å². The van der Waals surface area contributed by atoms with Crippen LogP contribution in [-0.2, 0) is 18.9 Å². The molecule has 0 radical (unpaired) electrons. The van der Waals surface area contributed by atoms with Gasteiger partial charge in [0.05, 0.1) is 35.4 Å². The zero-order valence-electron chi connectivity index (χ0n) is 20.0. The van der Waals surface area contributed by atoms with Crippen LogP contribution in [0.1, 0.15) is 31.0 Å². The van der Waals surface area contributed by atoms with E-state index in [1.165, 1.54) is 22.9 Å². The Balaban J connectivity index is 1.47. The van der Waals surface area contributed by atoms with Crippen LogP contribution in [0.3, 0.4) is 0 Å². The van der Waals surface area contributed by atoms with E-state index in [2.05, 4.69) is 20.4 Å². The number of alkyl halides is 6. The van der Waals surface area contributed by atoms with Gasteiger partial charge >= 0.3 is 12.4 Å². The first-order valence-corrected chi connectivity index (χ1v) is 11.4. The molecule has 0 saturated heterocycles. The van der Waals surface area contributed by atoms with Gasteiger partial charge in [0.1, 0.15) is 11.4 Å². The molecule has 0 aliphatic heterocycles. The van der Waals surface area contributed by atoms with Crippen molar-refractivity contribution >= 4 is 16.5 Å². The molecule has 2 N–H and O–H groups in total. The number of halogens is 7. The summed E-state index contributed by atoms with van der Waals surface area (Å²) in [7, 11) is 0. The summed E-state index contributed by atoms with van der Waals surface area (Å²) in [6, 6.07) is 3.26. The molecule has 0 amide bonds. The predicted molar refractivity (Wildman–Crippen MR) is 126 cm³/mol. The lowest BCUT2D eigenvalue weighted by atomic mass is 10.1. The Morgan fingerprint density at radius 2 is 1.77 bits per heavy atom. The molecule has 1 unspecified atom stereocenters. The van der Waals surface area contributed by atoms with Crippen molar-refractivity contribution in [1.82, 2.24) is 24.7 Å². The molecular formula is C24H19F7N6O2. The van der Waals surface area contributed by atoms with Gasteiger partial charge in [-0.1, -0.05) is 0 Å². The highest BCUT2D eigenvalue weighted by molar-refractivity contribution is 5.86. The monoisotopic (exact) mass is 556 g/mol. The third-order valence-corrected chi connectivity index (χ3v) is 5.86. The molecule has 4 aromatic rings. The molecule has 0 spiro atoms. The number of pyridine rings is 1. The van der Waals surface area contributed by atoms with Crippen molar-refractivity contribution in [1.29, 1.82) is 0 Å². The topological polar surface area (TPSA) is 106 Å². The lowest BCUT2D eigenvalue weighted by molar-refractivity contribution is -0.141. The van der Waals surface area contributed by atoms with Gasteiger partial charge in [-0.05, 0) is 43.4 Å². The molecule has 0 fully saturated rings. The number of aryl methyl sites for hydroxylation is 1. The molecule has 0 aliphatic carbocycles. The molecule has 0 bridgehead atoms. The largest absolute Gasteiger partial charge is 0.434 e. The van der Waals surface area contributed by atoms with Crippen LogP contribution in [0.4, 0.5) is 36.4 Å². The maximum absolute atomic E-state index is 14.8. The van der Waals surface area contributed by atoms with Gasteiger partial charge in [-0.2, -0.15) is 31.4 Å². The molecule has 3 heterocycles. The first kappa shape index (κ1) is 27.7. The molecule has 39 heavy (non-hydrogen) atoms. The summed E-state index contributed by atoms with van der Waals surface area (Å²) in [5, 5.41) is 8.11. The van der Waals surface area contributed by atoms with Crippen molar-refractivity contribution in [2.75, 3.05) is 5.32 Å². The molecule has 3 aromatic heterocycles. The molecule has 0 aliphatic rings. The van der Waals surface area contributed by atoms with Gasteiger partial charge in [0.25, 0.3) is 11.1 Å². The van der Waals surface area contributed by atoms with E-state index >= 15 is 0 Å². The number of H-pyrrole nitrogens is 1. The van der Waals surface area contributed by atoms with E-state index in [4.69, 9.17) is 0 Å². The van der Waals surface area contributed by atoms with E-state index in [0.29, 0.717) is 24.4 Å². The minimum atomic E-state index is -4.88. The summed E-state index contributed by atoms with van der Waals surface area (Å²) in [4.78, 5) is 31.4. The number of rotatable bonds is 7. The lowest BCUT2D eigenvalue weighted by Gasteiger charge is -2.18. The molecular weight excluding hydrogens is 537 g/mol. The van der Waals surface area contributed by atoms with E-state index in [-0.39, 0.29) is 23.2 Å². The predicted octanol–water partition coefficient (Wildman–Crippen LogP) is 5.00. The van der Waals surface area contributed by atoms with Gasteiger partial charge in [-0.25, -0.2) is 14.5 Å². The standard InChI is InChI=1S/C24H19F7N6O2/c1-12(35-18-10-34-36-21(38)20(18)24(29,30)31)3-2-5-37-6-4-13-7-15(16(25)8-14(13)22(37)39)17-9-33-19(11-32-17)23(26,27)28/h4,6-12H,2-3,5H2,1H3,(H2,35,36,38). The Hall–Kier alpha value is -4.30. The maximum atomic E-state index is 14.8. The van der Waals surface area contributed by atoms with Crippen LogP contribution in [0.5, 0.6) is 0 Å². The van der Waals surface area contributed by atoms with Crippen LogP contribution in [0.15, 0.2) is 52.6 Å². The smallest absolute Gasteiger partial charge is 0.381 e. The van der Waals surface area contributed by atoms with Crippen molar-refractivity contribution in [3.8, 4) is 11.3 Å². The number of hydrogen-bond acceptors (Lipinski definition) is 6. The molecule has 8 nitrogen and oxygen atoms in total. The molecule has 0 saturated carbocycles. The number of aromatic nitrogens is 5. The highest BCUT2D eigenvalue weighted by atomic mass is 19.4. The van der Waals surface area contributed by atoms with E-state index in [0.717, 1.165) is 18.5 Å². The zero-order chi connectivity index (χ0) is 28.5. The number of nitrogens with one attached hydrogen (secondary N) is 2. The van der Waals surface area contributed by atoms with Crippen molar-refractivity contribution < 1.29 is 30.7 Å². The second-order valence-corrected chi connectivity index (χ2v) is 8.69. The first-order chi connectivity index (χ1) is 18.3. The van der Waals surface area contributed by atoms with Crippen LogP contribution in [0.2, 0.25) is 0 Å². The van der Waals surface area contributed by atoms with Gasteiger partial charge < -0.3 is 9.88 Å². The average Bonchev–Trinajstić information content (AvgIpc) is 2.84. The second-order valence-electron chi connectivity index (χ2n) is 8.69. The molecule has 4 rings (SSSR count). The number of nitrogens with zero attached hydrogens (tertiary/aromatic N) is 4. The number of aromatic amines is 1. The minimum absolute atomic E-state index is 0.0224. The highest BCUT2D eigenvalue weighted by Crippen LogP contribution is 2.32. The maximum Gasteiger partial charge on any atom is 0.434 e. The third kappa shape index (κ3) is 6.07. The van der Waals surface area contributed by atoms with E-state index in [9.17, 15) is 40.3 Å². The summed E-state index contributed by atoms with van der Waals surface area (Å²) in [6.07, 6.45) is -5.32. The van der Waals surface area contributed by atoms with Crippen LogP contribution in [-0.4, -0.2) is 30.8 Å². The van der Waals surface area contributed by atoms with Gasteiger partial charge in [0, 0.05) is 24.3 Å². The third-order valence-electron chi connectivity index (χ3n) is 5.86. The van der Waals surface area contributed by atoms with Crippen molar-refractivity contribution in [2.45, 2.75) is 44.7 Å². The second kappa shape index (κ2) is 10.5. The Labute approximate surface area is 214 Å². The van der Waals surface area contributed by atoms with Crippen molar-refractivity contribution in [3.05, 3.63) is 80.8 Å². The summed E-state index contributed by atoms with van der Waals surface area (Å²) in [6.45, 7) is 1.76.